The van der Waals surface area contributed by atoms with Crippen molar-refractivity contribution in [3.63, 3.8) is 0 Å². The molecule has 2 unspecified atom stereocenters. The zero-order valence-electron chi connectivity index (χ0n) is 12.6. The zero-order valence-corrected chi connectivity index (χ0v) is 12.6. The Morgan fingerprint density at radius 3 is 2.82 bits per heavy atom. The van der Waals surface area contributed by atoms with Crippen molar-refractivity contribution in [2.45, 2.75) is 38.8 Å². The Balaban J connectivity index is 2.00. The second kappa shape index (κ2) is 6.00. The van der Waals surface area contributed by atoms with Crippen molar-refractivity contribution < 1.29 is 19.1 Å². The summed E-state index contributed by atoms with van der Waals surface area (Å²) in [5, 5.41) is 3.24. The number of urea groups is 1. The molecule has 1 fully saturated rings. The highest BCUT2D eigenvalue weighted by Crippen LogP contribution is 2.19. The van der Waals surface area contributed by atoms with E-state index in [1.807, 2.05) is 0 Å². The molecule has 2 rings (SSSR count). The molecule has 1 aromatic heterocycles. The summed E-state index contributed by atoms with van der Waals surface area (Å²) < 4.78 is 5.39. The molecule has 1 aliphatic rings. The number of carbonyl (C=O) groups is 3. The number of amides is 4. The minimum Gasteiger partial charge on any atom is -0.479 e. The lowest BCUT2D eigenvalue weighted by Gasteiger charge is -2.21. The molecule has 4 amide bonds. The number of pyridine rings is 1. The molecule has 2 atom stereocenters. The Hall–Kier alpha value is -2.64. The van der Waals surface area contributed by atoms with Crippen LogP contribution in [-0.2, 0) is 9.59 Å². The van der Waals surface area contributed by atoms with E-state index in [0.717, 1.165) is 0 Å². The topological polar surface area (TPSA) is 101 Å². The van der Waals surface area contributed by atoms with Crippen LogP contribution in [0.25, 0.3) is 0 Å². The van der Waals surface area contributed by atoms with Crippen LogP contribution >= 0.6 is 0 Å². The van der Waals surface area contributed by atoms with E-state index in [4.69, 9.17) is 4.74 Å². The summed E-state index contributed by atoms with van der Waals surface area (Å²) in [7, 11) is 0. The predicted molar refractivity (Wildman–Crippen MR) is 76.5 cm³/mol. The fourth-order valence-electron chi connectivity index (χ4n) is 1.90. The summed E-state index contributed by atoms with van der Waals surface area (Å²) >= 11 is 0. The van der Waals surface area contributed by atoms with Gasteiger partial charge in [-0.25, -0.2) is 4.79 Å². The third kappa shape index (κ3) is 3.00. The van der Waals surface area contributed by atoms with E-state index < -0.39 is 29.5 Å². The standard InChI is InChI=1S/C14H18N4O4/c1-4-14(3)12(20)18(13(21)16-14)17-11(19)9(2)22-10-6-5-7-15-8-10/h5-9H,4H2,1-3H3,(H,16,21)(H,17,19). The van der Waals surface area contributed by atoms with Crippen molar-refractivity contribution >= 4 is 17.8 Å². The van der Waals surface area contributed by atoms with Gasteiger partial charge in [0.25, 0.3) is 11.8 Å². The molecule has 0 spiro atoms. The molecule has 1 aromatic rings. The van der Waals surface area contributed by atoms with Crippen LogP contribution in [0, 0.1) is 0 Å². The van der Waals surface area contributed by atoms with Gasteiger partial charge < -0.3 is 10.1 Å². The lowest BCUT2D eigenvalue weighted by atomic mass is 10.00. The maximum Gasteiger partial charge on any atom is 0.344 e. The number of aromatic nitrogens is 1. The molecule has 22 heavy (non-hydrogen) atoms. The van der Waals surface area contributed by atoms with Gasteiger partial charge in [0.1, 0.15) is 11.3 Å². The van der Waals surface area contributed by atoms with Gasteiger partial charge in [0.2, 0.25) is 0 Å². The van der Waals surface area contributed by atoms with Gasteiger partial charge in [-0.05, 0) is 32.4 Å². The number of rotatable bonds is 5. The highest BCUT2D eigenvalue weighted by molar-refractivity contribution is 6.07. The molecular formula is C14H18N4O4. The molecule has 8 heteroatoms. The van der Waals surface area contributed by atoms with Crippen LogP contribution in [0.1, 0.15) is 27.2 Å². The van der Waals surface area contributed by atoms with Crippen molar-refractivity contribution in [3.8, 4) is 5.75 Å². The molecule has 2 N–H and O–H groups in total. The lowest BCUT2D eigenvalue weighted by molar-refractivity contribution is -0.141. The number of hydrogen-bond acceptors (Lipinski definition) is 5. The highest BCUT2D eigenvalue weighted by Gasteiger charge is 2.47. The van der Waals surface area contributed by atoms with E-state index in [9.17, 15) is 14.4 Å². The normalized spacial score (nSPS) is 22.2. The van der Waals surface area contributed by atoms with Crippen LogP contribution in [0.2, 0.25) is 0 Å². The fourth-order valence-corrected chi connectivity index (χ4v) is 1.90. The summed E-state index contributed by atoms with van der Waals surface area (Å²) in [6, 6.07) is 2.67. The first-order valence-electron chi connectivity index (χ1n) is 6.91. The minimum absolute atomic E-state index is 0.417. The maximum absolute atomic E-state index is 12.2. The molecule has 118 valence electrons. The SMILES string of the molecule is CCC1(C)NC(=O)N(NC(=O)C(C)Oc2cccnc2)C1=O. The molecule has 2 heterocycles. The molecule has 0 saturated carbocycles. The number of nitrogens with one attached hydrogen (secondary N) is 2. The molecule has 0 aliphatic carbocycles. The molecular weight excluding hydrogens is 288 g/mol. The number of hydrogen-bond donors (Lipinski definition) is 2. The van der Waals surface area contributed by atoms with Crippen LogP contribution in [0.5, 0.6) is 5.75 Å². The van der Waals surface area contributed by atoms with Crippen LogP contribution in [0.3, 0.4) is 0 Å². The summed E-state index contributed by atoms with van der Waals surface area (Å²) in [5.41, 5.74) is 1.27. The first kappa shape index (κ1) is 15.7. The van der Waals surface area contributed by atoms with Gasteiger partial charge in [-0.15, -0.1) is 0 Å². The van der Waals surface area contributed by atoms with Crippen LogP contribution in [0.4, 0.5) is 4.79 Å². The highest BCUT2D eigenvalue weighted by atomic mass is 16.5. The Bertz CT molecular complexity index is 592. The predicted octanol–water partition coefficient (Wildman–Crippen LogP) is 0.601. The van der Waals surface area contributed by atoms with Crippen molar-refractivity contribution in [1.82, 2.24) is 20.7 Å². The average molecular weight is 306 g/mol. The fraction of sp³-hybridized carbons (Fsp3) is 0.429. The summed E-state index contributed by atoms with van der Waals surface area (Å²) in [4.78, 5) is 39.9. The molecule has 0 bridgehead atoms. The maximum atomic E-state index is 12.2. The summed E-state index contributed by atoms with van der Waals surface area (Å²) in [6.07, 6.45) is 2.58. The van der Waals surface area contributed by atoms with Gasteiger partial charge in [-0.2, -0.15) is 5.01 Å². The van der Waals surface area contributed by atoms with E-state index >= 15 is 0 Å². The van der Waals surface area contributed by atoms with Gasteiger partial charge in [0.15, 0.2) is 6.10 Å². The van der Waals surface area contributed by atoms with E-state index in [-0.39, 0.29) is 0 Å². The molecule has 0 aromatic carbocycles. The number of nitrogens with zero attached hydrogens (tertiary/aromatic N) is 2. The van der Waals surface area contributed by atoms with E-state index in [2.05, 4.69) is 15.7 Å². The third-order valence-corrected chi connectivity index (χ3v) is 3.51. The minimum atomic E-state index is -1.00. The number of imide groups is 1. The Kier molecular flexibility index (Phi) is 4.30. The number of ether oxygens (including phenoxy) is 1. The molecule has 1 aliphatic heterocycles. The smallest absolute Gasteiger partial charge is 0.344 e. The third-order valence-electron chi connectivity index (χ3n) is 3.51. The Morgan fingerprint density at radius 2 is 2.27 bits per heavy atom. The van der Waals surface area contributed by atoms with Crippen molar-refractivity contribution in [3.05, 3.63) is 24.5 Å². The zero-order chi connectivity index (χ0) is 16.3. The van der Waals surface area contributed by atoms with Crippen LogP contribution in [-0.4, -0.2) is 39.5 Å². The second-order valence-corrected chi connectivity index (χ2v) is 5.18. The van der Waals surface area contributed by atoms with Crippen molar-refractivity contribution in [2.24, 2.45) is 0 Å². The first-order valence-corrected chi connectivity index (χ1v) is 6.91. The van der Waals surface area contributed by atoms with Crippen molar-refractivity contribution in [2.75, 3.05) is 0 Å². The van der Waals surface area contributed by atoms with Gasteiger partial charge in [-0.3, -0.25) is 20.0 Å². The molecule has 0 radical (unpaired) electrons. The van der Waals surface area contributed by atoms with Crippen molar-refractivity contribution in [1.29, 1.82) is 0 Å². The van der Waals surface area contributed by atoms with E-state index in [1.54, 1.807) is 32.2 Å². The summed E-state index contributed by atoms with van der Waals surface area (Å²) in [6.45, 7) is 4.90. The van der Waals surface area contributed by atoms with E-state index in [0.29, 0.717) is 17.2 Å². The lowest BCUT2D eigenvalue weighted by Crippen LogP contribution is -2.51. The van der Waals surface area contributed by atoms with Gasteiger partial charge in [0, 0.05) is 6.20 Å². The summed E-state index contributed by atoms with van der Waals surface area (Å²) in [5.74, 6) is -0.685. The van der Waals surface area contributed by atoms with Crippen LogP contribution in [0.15, 0.2) is 24.5 Å². The van der Waals surface area contributed by atoms with Gasteiger partial charge in [-0.1, -0.05) is 6.92 Å². The largest absolute Gasteiger partial charge is 0.479 e. The Labute approximate surface area is 127 Å². The van der Waals surface area contributed by atoms with Crippen LogP contribution < -0.4 is 15.5 Å². The Morgan fingerprint density at radius 1 is 1.55 bits per heavy atom. The number of hydrazine groups is 1. The van der Waals surface area contributed by atoms with Gasteiger partial charge >= 0.3 is 6.03 Å². The first-order chi connectivity index (χ1) is 10.4. The van der Waals surface area contributed by atoms with Gasteiger partial charge in [0.05, 0.1) is 6.20 Å². The average Bonchev–Trinajstić information content (AvgIpc) is 2.72. The quantitative estimate of drug-likeness (QED) is 0.776. The molecule has 1 saturated heterocycles. The van der Waals surface area contributed by atoms with E-state index in [1.165, 1.54) is 13.1 Å². The number of carbonyl (C=O) groups excluding carboxylic acids is 3. The second-order valence-electron chi connectivity index (χ2n) is 5.18. The molecule has 8 nitrogen and oxygen atoms in total. The monoisotopic (exact) mass is 306 g/mol.